The second kappa shape index (κ2) is 8.05. The lowest BCUT2D eigenvalue weighted by molar-refractivity contribution is -0.144. The molecule has 0 aliphatic carbocycles. The molecule has 0 aromatic heterocycles. The number of nitrogens with one attached hydrogen (secondary N) is 1. The molecule has 0 saturated carbocycles. The number of amides is 2. The number of benzene rings is 2. The number of carbonyl (C=O) groups is 3. The highest BCUT2D eigenvalue weighted by Crippen LogP contribution is 2.29. The topological polar surface area (TPSA) is 99.2 Å². The van der Waals surface area contributed by atoms with Gasteiger partial charge < -0.3 is 14.7 Å². The zero-order valence-corrected chi connectivity index (χ0v) is 16.2. The molecule has 2 amide bonds. The Bertz CT molecular complexity index is 985. The predicted octanol–water partition coefficient (Wildman–Crippen LogP) is 2.07. The number of carboxylic acids is 1. The van der Waals surface area contributed by atoms with Crippen molar-refractivity contribution in [2.45, 2.75) is 13.0 Å². The Labute approximate surface area is 168 Å². The molecule has 8 nitrogen and oxygen atoms in total. The maximum absolute atomic E-state index is 12.8. The summed E-state index contributed by atoms with van der Waals surface area (Å²) in [5.74, 6) is -1.91. The highest BCUT2D eigenvalue weighted by Gasteiger charge is 2.34. The number of carbonyl (C=O) groups excluding carboxylic acids is 2. The largest absolute Gasteiger partial charge is 0.479 e. The highest BCUT2D eigenvalue weighted by molar-refractivity contribution is 6.31. The second-order valence-electron chi connectivity index (χ2n) is 6.69. The number of hydrogen-bond donors (Lipinski definition) is 2. The maximum Gasteiger partial charge on any atom is 0.344 e. The van der Waals surface area contributed by atoms with Crippen LogP contribution in [-0.4, -0.2) is 43.1 Å². The molecular formula is C21H21N3O5. The highest BCUT2D eigenvalue weighted by atomic mass is 16.5. The van der Waals surface area contributed by atoms with Gasteiger partial charge in [0.2, 0.25) is 0 Å². The van der Waals surface area contributed by atoms with Crippen LogP contribution in [0.15, 0.2) is 54.1 Å². The summed E-state index contributed by atoms with van der Waals surface area (Å²) in [6.45, 7) is 1.41. The van der Waals surface area contributed by atoms with Crippen molar-refractivity contribution in [1.29, 1.82) is 0 Å². The first kappa shape index (κ1) is 19.9. The van der Waals surface area contributed by atoms with Crippen molar-refractivity contribution in [2.24, 2.45) is 0 Å². The van der Waals surface area contributed by atoms with E-state index in [0.29, 0.717) is 11.3 Å². The molecule has 29 heavy (non-hydrogen) atoms. The summed E-state index contributed by atoms with van der Waals surface area (Å²) < 4.78 is 5.56. The fraction of sp³-hybridized carbons (Fsp3) is 0.190. The van der Waals surface area contributed by atoms with Crippen LogP contribution in [0.3, 0.4) is 0 Å². The Kier molecular flexibility index (Phi) is 5.54. The van der Waals surface area contributed by atoms with Crippen LogP contribution in [0, 0.1) is 0 Å². The molecule has 2 aromatic carbocycles. The zero-order valence-electron chi connectivity index (χ0n) is 16.2. The summed E-state index contributed by atoms with van der Waals surface area (Å²) in [5.41, 5.74) is 4.21. The van der Waals surface area contributed by atoms with Gasteiger partial charge in [0.25, 0.3) is 11.8 Å². The molecule has 1 aliphatic rings. The van der Waals surface area contributed by atoms with E-state index in [9.17, 15) is 14.4 Å². The number of anilines is 2. The van der Waals surface area contributed by atoms with Gasteiger partial charge in [-0.3, -0.25) is 15.0 Å². The number of carboxylic acid groups (broad SMARTS) is 1. The van der Waals surface area contributed by atoms with Crippen LogP contribution < -0.4 is 20.1 Å². The Morgan fingerprint density at radius 3 is 2.48 bits per heavy atom. The molecule has 150 valence electrons. The van der Waals surface area contributed by atoms with Gasteiger partial charge in [-0.2, -0.15) is 0 Å². The summed E-state index contributed by atoms with van der Waals surface area (Å²) in [6.07, 6.45) is 0.308. The van der Waals surface area contributed by atoms with Crippen molar-refractivity contribution in [3.05, 3.63) is 59.7 Å². The quantitative estimate of drug-likeness (QED) is 0.574. The normalized spacial score (nSPS) is 16.0. The molecule has 0 spiro atoms. The maximum atomic E-state index is 12.8. The average molecular weight is 395 g/mol. The molecule has 2 aromatic rings. The number of hydrogen-bond acceptors (Lipinski definition) is 5. The van der Waals surface area contributed by atoms with Gasteiger partial charge in [-0.1, -0.05) is 18.2 Å². The van der Waals surface area contributed by atoms with Gasteiger partial charge >= 0.3 is 5.97 Å². The third-order valence-corrected chi connectivity index (χ3v) is 4.37. The molecule has 8 heteroatoms. The van der Waals surface area contributed by atoms with Crippen LogP contribution in [0.5, 0.6) is 5.75 Å². The van der Waals surface area contributed by atoms with Crippen molar-refractivity contribution in [2.75, 3.05) is 24.0 Å². The van der Waals surface area contributed by atoms with Crippen molar-refractivity contribution in [3.8, 4) is 5.75 Å². The molecule has 1 heterocycles. The van der Waals surface area contributed by atoms with Crippen LogP contribution in [0.4, 0.5) is 11.4 Å². The summed E-state index contributed by atoms with van der Waals surface area (Å²) in [5, 5.41) is 10.3. The van der Waals surface area contributed by atoms with Gasteiger partial charge in [0.15, 0.2) is 6.10 Å². The van der Waals surface area contributed by atoms with Crippen LogP contribution in [0.1, 0.15) is 12.5 Å². The van der Waals surface area contributed by atoms with E-state index < -0.39 is 23.9 Å². The van der Waals surface area contributed by atoms with E-state index >= 15 is 0 Å². The van der Waals surface area contributed by atoms with E-state index in [1.807, 2.05) is 25.1 Å². The molecule has 0 bridgehead atoms. The van der Waals surface area contributed by atoms with Crippen molar-refractivity contribution in [3.63, 3.8) is 0 Å². The van der Waals surface area contributed by atoms with E-state index in [1.165, 1.54) is 18.0 Å². The number of para-hydroxylation sites is 1. The van der Waals surface area contributed by atoms with E-state index in [2.05, 4.69) is 5.43 Å². The first-order valence-electron chi connectivity index (χ1n) is 8.91. The minimum Gasteiger partial charge on any atom is -0.479 e. The smallest absolute Gasteiger partial charge is 0.344 e. The number of rotatable bonds is 6. The van der Waals surface area contributed by atoms with Gasteiger partial charge in [-0.05, 0) is 37.3 Å². The third kappa shape index (κ3) is 4.21. The molecule has 0 radical (unpaired) electrons. The van der Waals surface area contributed by atoms with E-state index in [-0.39, 0.29) is 11.3 Å². The van der Waals surface area contributed by atoms with Crippen LogP contribution in [0.2, 0.25) is 0 Å². The summed E-state index contributed by atoms with van der Waals surface area (Å²) in [7, 11) is 3.67. The van der Waals surface area contributed by atoms with Gasteiger partial charge in [0.1, 0.15) is 11.3 Å². The molecule has 1 unspecified atom stereocenters. The molecule has 2 N–H and O–H groups in total. The standard InChI is InChI=1S/C21H21N3O5/c1-13(21(27)28)29-18-12-16(23(2)3)10-9-14(18)11-17-19(25)22-24(20(17)26)15-7-5-4-6-8-15/h4-13H,1-3H3,(H,22,25)(H,27,28). The number of aliphatic carboxylic acids is 1. The molecular weight excluding hydrogens is 374 g/mol. The minimum atomic E-state index is -1.12. The van der Waals surface area contributed by atoms with Crippen molar-refractivity contribution < 1.29 is 24.2 Å². The lowest BCUT2D eigenvalue weighted by Gasteiger charge is -2.18. The fourth-order valence-electron chi connectivity index (χ4n) is 2.74. The third-order valence-electron chi connectivity index (χ3n) is 4.37. The summed E-state index contributed by atoms with van der Waals surface area (Å²) in [4.78, 5) is 38.2. The van der Waals surface area contributed by atoms with Gasteiger partial charge in [-0.15, -0.1) is 0 Å². The lowest BCUT2D eigenvalue weighted by atomic mass is 10.1. The molecule has 1 fully saturated rings. The average Bonchev–Trinajstić information content (AvgIpc) is 2.97. The molecule has 1 saturated heterocycles. The number of nitrogens with zero attached hydrogens (tertiary/aromatic N) is 2. The van der Waals surface area contributed by atoms with Gasteiger partial charge in [0.05, 0.1) is 5.69 Å². The van der Waals surface area contributed by atoms with Crippen LogP contribution in [-0.2, 0) is 14.4 Å². The van der Waals surface area contributed by atoms with Crippen molar-refractivity contribution in [1.82, 2.24) is 5.43 Å². The second-order valence-corrected chi connectivity index (χ2v) is 6.69. The number of ether oxygens (including phenoxy) is 1. The summed E-state index contributed by atoms with van der Waals surface area (Å²) >= 11 is 0. The predicted molar refractivity (Wildman–Crippen MR) is 109 cm³/mol. The lowest BCUT2D eigenvalue weighted by Crippen LogP contribution is -2.35. The van der Waals surface area contributed by atoms with E-state index in [4.69, 9.17) is 9.84 Å². The molecule has 3 rings (SSSR count). The van der Waals surface area contributed by atoms with E-state index in [0.717, 1.165) is 5.69 Å². The Balaban J connectivity index is 1.99. The van der Waals surface area contributed by atoms with Crippen molar-refractivity contribution >= 4 is 35.2 Å². The fourth-order valence-corrected chi connectivity index (χ4v) is 2.74. The molecule has 1 aliphatic heterocycles. The van der Waals surface area contributed by atoms with Gasteiger partial charge in [-0.25, -0.2) is 9.80 Å². The SMILES string of the molecule is CC(Oc1cc(N(C)C)ccc1C=C1C(=O)NN(c2ccccc2)C1=O)C(=O)O. The Morgan fingerprint density at radius 2 is 1.86 bits per heavy atom. The minimum absolute atomic E-state index is 0.0701. The zero-order chi connectivity index (χ0) is 21.1. The monoisotopic (exact) mass is 395 g/mol. The van der Waals surface area contributed by atoms with Crippen LogP contribution in [0.25, 0.3) is 6.08 Å². The Morgan fingerprint density at radius 1 is 1.17 bits per heavy atom. The van der Waals surface area contributed by atoms with Crippen LogP contribution >= 0.6 is 0 Å². The molecule has 1 atom stereocenters. The summed E-state index contributed by atoms with van der Waals surface area (Å²) in [6, 6.07) is 13.9. The Hall–Kier alpha value is -3.81. The van der Waals surface area contributed by atoms with E-state index in [1.54, 1.807) is 42.5 Å². The first-order chi connectivity index (χ1) is 13.8. The van der Waals surface area contributed by atoms with Gasteiger partial charge in [0, 0.05) is 31.4 Å². The first-order valence-corrected chi connectivity index (χ1v) is 8.91. The number of hydrazine groups is 1.